The molecule has 1 saturated heterocycles. The van der Waals surface area contributed by atoms with Crippen molar-refractivity contribution in [1.82, 2.24) is 0 Å². The molecule has 1 heterocycles. The summed E-state index contributed by atoms with van der Waals surface area (Å²) in [7, 11) is 0. The quantitative estimate of drug-likeness (QED) is 0.570. The predicted molar refractivity (Wildman–Crippen MR) is 44.4 cm³/mol. The summed E-state index contributed by atoms with van der Waals surface area (Å²) in [6.07, 6.45) is 3.18. The highest BCUT2D eigenvalue weighted by molar-refractivity contribution is 5.09. The van der Waals surface area contributed by atoms with Gasteiger partial charge in [-0.2, -0.15) is 0 Å². The zero-order chi connectivity index (χ0) is 8.32. The van der Waals surface area contributed by atoms with Crippen LogP contribution in [0.25, 0.3) is 0 Å². The molecule has 0 aromatic heterocycles. The Morgan fingerprint density at radius 2 is 2.00 bits per heavy atom. The van der Waals surface area contributed by atoms with Gasteiger partial charge in [0, 0.05) is 0 Å². The summed E-state index contributed by atoms with van der Waals surface area (Å²) in [5.41, 5.74) is 1.18. The molecular formula is C9H16O2. The first kappa shape index (κ1) is 8.75. The van der Waals surface area contributed by atoms with Gasteiger partial charge in [-0.3, -0.25) is 0 Å². The summed E-state index contributed by atoms with van der Waals surface area (Å²) in [4.78, 5) is 0. The van der Waals surface area contributed by atoms with Crippen LogP contribution in [-0.4, -0.2) is 19.0 Å². The van der Waals surface area contributed by atoms with Gasteiger partial charge >= 0.3 is 0 Å². The van der Waals surface area contributed by atoms with E-state index in [4.69, 9.17) is 9.47 Å². The van der Waals surface area contributed by atoms with Crippen LogP contribution in [0.2, 0.25) is 0 Å². The van der Waals surface area contributed by atoms with Gasteiger partial charge in [-0.1, -0.05) is 13.0 Å². The molecule has 0 aromatic carbocycles. The summed E-state index contributed by atoms with van der Waals surface area (Å²) in [5.74, 6) is -0.435. The second kappa shape index (κ2) is 3.37. The summed E-state index contributed by atoms with van der Waals surface area (Å²) in [6.45, 7) is 7.56. The van der Waals surface area contributed by atoms with Crippen molar-refractivity contribution >= 4 is 0 Å². The van der Waals surface area contributed by atoms with E-state index in [-0.39, 0.29) is 0 Å². The first-order valence-corrected chi connectivity index (χ1v) is 4.14. The highest BCUT2D eigenvalue weighted by Crippen LogP contribution is 2.26. The molecule has 0 aliphatic carbocycles. The van der Waals surface area contributed by atoms with Crippen LogP contribution in [0.4, 0.5) is 0 Å². The molecule has 1 aliphatic rings. The van der Waals surface area contributed by atoms with Crippen molar-refractivity contribution in [3.63, 3.8) is 0 Å². The van der Waals surface area contributed by atoms with Crippen LogP contribution in [0, 0.1) is 0 Å². The van der Waals surface area contributed by atoms with Crippen LogP contribution in [0.5, 0.6) is 0 Å². The van der Waals surface area contributed by atoms with Crippen LogP contribution in [-0.2, 0) is 9.47 Å². The Bertz CT molecular complexity index is 155. The Hall–Kier alpha value is -0.340. The van der Waals surface area contributed by atoms with Gasteiger partial charge in [-0.15, -0.1) is 0 Å². The molecule has 0 unspecified atom stereocenters. The lowest BCUT2D eigenvalue weighted by Gasteiger charge is -2.23. The lowest BCUT2D eigenvalue weighted by atomic mass is 10.1. The predicted octanol–water partition coefficient (Wildman–Crippen LogP) is 2.11. The largest absolute Gasteiger partial charge is 0.344 e. The standard InChI is InChI=1S/C9H16O2/c1-4-5-8(2)9(3)10-6-7-11-9/h5H,4,6-7H2,1-3H3/b8-5-. The Balaban J connectivity index is 2.63. The van der Waals surface area contributed by atoms with E-state index in [0.717, 1.165) is 6.42 Å². The zero-order valence-corrected chi connectivity index (χ0v) is 7.52. The van der Waals surface area contributed by atoms with Gasteiger partial charge < -0.3 is 9.47 Å². The third-order valence-corrected chi connectivity index (χ3v) is 2.06. The minimum absolute atomic E-state index is 0.435. The summed E-state index contributed by atoms with van der Waals surface area (Å²) in [6, 6.07) is 0. The molecule has 0 aromatic rings. The second-order valence-corrected chi connectivity index (χ2v) is 2.94. The number of ether oxygens (including phenoxy) is 2. The smallest absolute Gasteiger partial charge is 0.187 e. The fourth-order valence-corrected chi connectivity index (χ4v) is 1.23. The molecule has 0 bridgehead atoms. The summed E-state index contributed by atoms with van der Waals surface area (Å²) < 4.78 is 10.9. The highest BCUT2D eigenvalue weighted by Gasteiger charge is 2.32. The van der Waals surface area contributed by atoms with E-state index in [1.54, 1.807) is 0 Å². The third-order valence-electron chi connectivity index (χ3n) is 2.06. The lowest BCUT2D eigenvalue weighted by Crippen LogP contribution is -2.26. The van der Waals surface area contributed by atoms with Crippen LogP contribution in [0.3, 0.4) is 0 Å². The van der Waals surface area contributed by atoms with Gasteiger partial charge in [0.15, 0.2) is 5.79 Å². The van der Waals surface area contributed by atoms with Crippen molar-refractivity contribution < 1.29 is 9.47 Å². The number of hydrogen-bond acceptors (Lipinski definition) is 2. The van der Waals surface area contributed by atoms with Crippen molar-refractivity contribution in [2.45, 2.75) is 33.0 Å². The molecule has 0 amide bonds. The maximum atomic E-state index is 5.46. The van der Waals surface area contributed by atoms with Gasteiger partial charge in [-0.25, -0.2) is 0 Å². The molecule has 0 radical (unpaired) electrons. The van der Waals surface area contributed by atoms with Gasteiger partial charge in [0.1, 0.15) is 0 Å². The maximum Gasteiger partial charge on any atom is 0.187 e. The molecule has 1 aliphatic heterocycles. The number of allylic oxidation sites excluding steroid dienone is 1. The zero-order valence-electron chi connectivity index (χ0n) is 7.52. The van der Waals surface area contributed by atoms with E-state index < -0.39 is 5.79 Å². The SMILES string of the molecule is CC/C=C(/C)C1(C)OCCO1. The molecule has 64 valence electrons. The topological polar surface area (TPSA) is 18.5 Å². The Morgan fingerprint density at radius 1 is 1.45 bits per heavy atom. The average molecular weight is 156 g/mol. The third kappa shape index (κ3) is 1.82. The monoisotopic (exact) mass is 156 g/mol. The number of hydrogen-bond donors (Lipinski definition) is 0. The van der Waals surface area contributed by atoms with E-state index >= 15 is 0 Å². The fraction of sp³-hybridized carbons (Fsp3) is 0.778. The van der Waals surface area contributed by atoms with E-state index in [2.05, 4.69) is 19.9 Å². The Morgan fingerprint density at radius 3 is 2.45 bits per heavy atom. The van der Waals surface area contributed by atoms with Crippen LogP contribution in [0.1, 0.15) is 27.2 Å². The van der Waals surface area contributed by atoms with Crippen molar-refractivity contribution in [2.24, 2.45) is 0 Å². The minimum atomic E-state index is -0.435. The first-order valence-electron chi connectivity index (χ1n) is 4.14. The molecule has 1 rings (SSSR count). The van der Waals surface area contributed by atoms with Gasteiger partial charge in [0.2, 0.25) is 0 Å². The molecule has 2 nitrogen and oxygen atoms in total. The highest BCUT2D eigenvalue weighted by atomic mass is 16.7. The molecular weight excluding hydrogens is 140 g/mol. The van der Waals surface area contributed by atoms with Gasteiger partial charge in [0.25, 0.3) is 0 Å². The molecule has 0 saturated carbocycles. The van der Waals surface area contributed by atoms with Crippen LogP contribution < -0.4 is 0 Å². The van der Waals surface area contributed by atoms with Crippen molar-refractivity contribution in [3.8, 4) is 0 Å². The second-order valence-electron chi connectivity index (χ2n) is 2.94. The fourth-order valence-electron chi connectivity index (χ4n) is 1.23. The summed E-state index contributed by atoms with van der Waals surface area (Å²) in [5, 5.41) is 0. The molecule has 11 heavy (non-hydrogen) atoms. The van der Waals surface area contributed by atoms with E-state index in [9.17, 15) is 0 Å². The average Bonchev–Trinajstić information content (AvgIpc) is 2.38. The summed E-state index contributed by atoms with van der Waals surface area (Å²) >= 11 is 0. The van der Waals surface area contributed by atoms with E-state index in [1.165, 1.54) is 5.57 Å². The molecule has 2 heteroatoms. The van der Waals surface area contributed by atoms with Crippen molar-refractivity contribution in [1.29, 1.82) is 0 Å². The van der Waals surface area contributed by atoms with Crippen LogP contribution >= 0.6 is 0 Å². The molecule has 0 atom stereocenters. The Labute approximate surface area is 68.2 Å². The Kier molecular flexibility index (Phi) is 2.68. The molecule has 1 fully saturated rings. The number of rotatable bonds is 2. The first-order chi connectivity index (χ1) is 5.19. The van der Waals surface area contributed by atoms with Crippen molar-refractivity contribution in [3.05, 3.63) is 11.6 Å². The van der Waals surface area contributed by atoms with Gasteiger partial charge in [0.05, 0.1) is 13.2 Å². The lowest BCUT2D eigenvalue weighted by molar-refractivity contribution is -0.110. The molecule has 0 spiro atoms. The van der Waals surface area contributed by atoms with Gasteiger partial charge in [-0.05, 0) is 25.8 Å². The van der Waals surface area contributed by atoms with Crippen LogP contribution in [0.15, 0.2) is 11.6 Å². The normalized spacial score (nSPS) is 24.1. The maximum absolute atomic E-state index is 5.46. The molecule has 0 N–H and O–H groups in total. The van der Waals surface area contributed by atoms with E-state index in [1.807, 2.05) is 6.92 Å². The van der Waals surface area contributed by atoms with E-state index in [0.29, 0.717) is 13.2 Å². The minimum Gasteiger partial charge on any atom is -0.344 e. The van der Waals surface area contributed by atoms with Crippen molar-refractivity contribution in [2.75, 3.05) is 13.2 Å².